The first-order valence-corrected chi connectivity index (χ1v) is 6.47. The molecule has 3 nitrogen and oxygen atoms in total. The molecule has 3 heteroatoms. The summed E-state index contributed by atoms with van der Waals surface area (Å²) in [5, 5.41) is 3.13. The molecule has 0 amide bonds. The maximum Gasteiger partial charge on any atom is 0.118 e. The summed E-state index contributed by atoms with van der Waals surface area (Å²) in [6.07, 6.45) is 1.85. The highest BCUT2D eigenvalue weighted by Gasteiger charge is 2.13. The van der Waals surface area contributed by atoms with Crippen LogP contribution in [-0.4, -0.2) is 24.5 Å². The Balaban J connectivity index is 2.58. The summed E-state index contributed by atoms with van der Waals surface area (Å²) < 4.78 is 5.60. The molecule has 1 aromatic rings. The molecule has 0 unspecified atom stereocenters. The van der Waals surface area contributed by atoms with Crippen molar-refractivity contribution in [3.8, 4) is 0 Å². The minimum Gasteiger partial charge on any atom is -0.468 e. The molecule has 0 aliphatic heterocycles. The second kappa shape index (κ2) is 6.82. The van der Waals surface area contributed by atoms with Crippen molar-refractivity contribution in [1.82, 2.24) is 10.2 Å². The van der Waals surface area contributed by atoms with E-state index in [1.807, 2.05) is 13.3 Å². The van der Waals surface area contributed by atoms with Crippen molar-refractivity contribution in [2.24, 2.45) is 5.92 Å². The van der Waals surface area contributed by atoms with Gasteiger partial charge in [-0.05, 0) is 32.9 Å². The molecule has 17 heavy (non-hydrogen) atoms. The molecule has 0 saturated heterocycles. The predicted molar refractivity (Wildman–Crippen MR) is 71.9 cm³/mol. The Kier molecular flexibility index (Phi) is 5.72. The first-order valence-electron chi connectivity index (χ1n) is 6.47. The van der Waals surface area contributed by atoms with Gasteiger partial charge in [-0.2, -0.15) is 0 Å². The van der Waals surface area contributed by atoms with Crippen LogP contribution in [0.25, 0.3) is 0 Å². The molecule has 0 fully saturated rings. The maximum absolute atomic E-state index is 5.60. The van der Waals surface area contributed by atoms with Crippen molar-refractivity contribution in [2.45, 2.75) is 46.8 Å². The van der Waals surface area contributed by atoms with Crippen LogP contribution < -0.4 is 5.32 Å². The van der Waals surface area contributed by atoms with E-state index in [1.165, 1.54) is 5.56 Å². The second-order valence-electron chi connectivity index (χ2n) is 5.37. The Bertz CT molecular complexity index is 318. The van der Waals surface area contributed by atoms with Gasteiger partial charge in [0.1, 0.15) is 5.76 Å². The third-order valence-electron chi connectivity index (χ3n) is 2.78. The van der Waals surface area contributed by atoms with Crippen LogP contribution in [0.15, 0.2) is 16.7 Å². The van der Waals surface area contributed by atoms with E-state index in [4.69, 9.17) is 4.42 Å². The highest BCUT2D eigenvalue weighted by atomic mass is 16.3. The van der Waals surface area contributed by atoms with Crippen LogP contribution in [0.3, 0.4) is 0 Å². The molecule has 0 aliphatic rings. The lowest BCUT2D eigenvalue weighted by molar-refractivity contribution is 0.175. The van der Waals surface area contributed by atoms with Crippen LogP contribution in [-0.2, 0) is 13.1 Å². The Hall–Kier alpha value is -0.800. The van der Waals surface area contributed by atoms with E-state index in [9.17, 15) is 0 Å². The third-order valence-corrected chi connectivity index (χ3v) is 2.78. The molecule has 0 saturated carbocycles. The first-order chi connectivity index (χ1) is 8.02. The van der Waals surface area contributed by atoms with Gasteiger partial charge in [0.05, 0.1) is 12.8 Å². The number of nitrogens with zero attached hydrogens (tertiary/aromatic N) is 1. The minimum absolute atomic E-state index is 0.551. The lowest BCUT2D eigenvalue weighted by atomic mass is 10.1. The summed E-state index contributed by atoms with van der Waals surface area (Å²) in [4.78, 5) is 2.45. The molecule has 0 atom stereocenters. The summed E-state index contributed by atoms with van der Waals surface area (Å²) in [6, 6.07) is 2.70. The Morgan fingerprint density at radius 1 is 1.29 bits per heavy atom. The van der Waals surface area contributed by atoms with E-state index in [-0.39, 0.29) is 0 Å². The average molecular weight is 238 g/mol. The SMILES string of the molecule is CNCc1coc(CN(CC(C)C)C(C)C)c1. The van der Waals surface area contributed by atoms with Gasteiger partial charge >= 0.3 is 0 Å². The fourth-order valence-electron chi connectivity index (χ4n) is 1.93. The van der Waals surface area contributed by atoms with E-state index in [1.54, 1.807) is 0 Å². The van der Waals surface area contributed by atoms with Crippen molar-refractivity contribution >= 4 is 0 Å². The topological polar surface area (TPSA) is 28.4 Å². The average Bonchev–Trinajstić information content (AvgIpc) is 2.64. The van der Waals surface area contributed by atoms with Gasteiger partial charge in [0.2, 0.25) is 0 Å². The second-order valence-corrected chi connectivity index (χ2v) is 5.37. The molecule has 1 heterocycles. The third kappa shape index (κ3) is 4.92. The summed E-state index contributed by atoms with van der Waals surface area (Å²) in [7, 11) is 1.95. The zero-order valence-corrected chi connectivity index (χ0v) is 11.8. The van der Waals surface area contributed by atoms with Crippen molar-refractivity contribution in [3.05, 3.63) is 23.7 Å². The molecule has 0 bridgehead atoms. The van der Waals surface area contributed by atoms with Crippen molar-refractivity contribution < 1.29 is 4.42 Å². The number of nitrogens with one attached hydrogen (secondary N) is 1. The standard InChI is InChI=1S/C14H26N2O/c1-11(2)8-16(12(3)4)9-14-6-13(7-15-5)10-17-14/h6,10-12,15H,7-9H2,1-5H3. The van der Waals surface area contributed by atoms with Crippen molar-refractivity contribution in [1.29, 1.82) is 0 Å². The lowest BCUT2D eigenvalue weighted by Crippen LogP contribution is -2.33. The van der Waals surface area contributed by atoms with E-state index in [0.717, 1.165) is 25.4 Å². The van der Waals surface area contributed by atoms with Crippen LogP contribution in [0, 0.1) is 5.92 Å². The van der Waals surface area contributed by atoms with Gasteiger partial charge < -0.3 is 9.73 Å². The number of hydrogen-bond acceptors (Lipinski definition) is 3. The zero-order valence-electron chi connectivity index (χ0n) is 11.8. The smallest absolute Gasteiger partial charge is 0.118 e. The largest absolute Gasteiger partial charge is 0.468 e. The maximum atomic E-state index is 5.60. The molecular weight excluding hydrogens is 212 g/mol. The van der Waals surface area contributed by atoms with Crippen LogP contribution in [0.4, 0.5) is 0 Å². The Labute approximate surface area is 105 Å². The van der Waals surface area contributed by atoms with E-state index < -0.39 is 0 Å². The predicted octanol–water partition coefficient (Wildman–Crippen LogP) is 2.87. The quantitative estimate of drug-likeness (QED) is 0.792. The molecule has 0 spiro atoms. The van der Waals surface area contributed by atoms with E-state index in [0.29, 0.717) is 12.0 Å². The summed E-state index contributed by atoms with van der Waals surface area (Å²) >= 11 is 0. The molecule has 98 valence electrons. The molecule has 0 radical (unpaired) electrons. The highest BCUT2D eigenvalue weighted by molar-refractivity contribution is 5.12. The summed E-state index contributed by atoms with van der Waals surface area (Å²) in [5.41, 5.74) is 1.22. The number of furan rings is 1. The molecule has 1 aromatic heterocycles. The summed E-state index contributed by atoms with van der Waals surface area (Å²) in [5.74, 6) is 1.74. The molecule has 1 rings (SSSR count). The highest BCUT2D eigenvalue weighted by Crippen LogP contribution is 2.14. The van der Waals surface area contributed by atoms with Crippen LogP contribution in [0.2, 0.25) is 0 Å². The minimum atomic E-state index is 0.551. The normalized spacial score (nSPS) is 12.0. The molecule has 1 N–H and O–H groups in total. The molecule has 0 aromatic carbocycles. The van der Waals surface area contributed by atoms with Gasteiger partial charge in [0, 0.05) is 24.7 Å². The Morgan fingerprint density at radius 3 is 2.53 bits per heavy atom. The number of hydrogen-bond donors (Lipinski definition) is 1. The molecular formula is C14H26N2O. The Morgan fingerprint density at radius 2 is 2.00 bits per heavy atom. The lowest BCUT2D eigenvalue weighted by Gasteiger charge is -2.27. The van der Waals surface area contributed by atoms with Gasteiger partial charge in [-0.25, -0.2) is 0 Å². The summed E-state index contributed by atoms with van der Waals surface area (Å²) in [6.45, 7) is 11.9. The van der Waals surface area contributed by atoms with Gasteiger partial charge in [-0.15, -0.1) is 0 Å². The van der Waals surface area contributed by atoms with E-state index in [2.05, 4.69) is 44.0 Å². The van der Waals surface area contributed by atoms with Crippen molar-refractivity contribution in [3.63, 3.8) is 0 Å². The fraction of sp³-hybridized carbons (Fsp3) is 0.714. The van der Waals surface area contributed by atoms with Crippen LogP contribution in [0.5, 0.6) is 0 Å². The zero-order chi connectivity index (χ0) is 12.8. The van der Waals surface area contributed by atoms with Gasteiger partial charge in [0.15, 0.2) is 0 Å². The van der Waals surface area contributed by atoms with Crippen LogP contribution >= 0.6 is 0 Å². The van der Waals surface area contributed by atoms with Gasteiger partial charge in [-0.3, -0.25) is 4.90 Å². The monoisotopic (exact) mass is 238 g/mol. The fourth-order valence-corrected chi connectivity index (χ4v) is 1.93. The number of rotatable bonds is 7. The van der Waals surface area contributed by atoms with Crippen LogP contribution in [0.1, 0.15) is 39.0 Å². The van der Waals surface area contributed by atoms with Gasteiger partial charge in [-0.1, -0.05) is 13.8 Å². The first kappa shape index (κ1) is 14.3. The van der Waals surface area contributed by atoms with E-state index >= 15 is 0 Å². The molecule has 0 aliphatic carbocycles. The van der Waals surface area contributed by atoms with Crippen molar-refractivity contribution in [2.75, 3.05) is 13.6 Å². The van der Waals surface area contributed by atoms with Gasteiger partial charge in [0.25, 0.3) is 0 Å².